The van der Waals surface area contributed by atoms with Crippen molar-refractivity contribution < 1.29 is 9.18 Å². The predicted octanol–water partition coefficient (Wildman–Crippen LogP) is 3.46. The highest BCUT2D eigenvalue weighted by molar-refractivity contribution is 7.17. The highest BCUT2D eigenvalue weighted by Gasteiger charge is 2.14. The lowest BCUT2D eigenvalue weighted by Gasteiger charge is -1.96. The maximum Gasteiger partial charge on any atom is 0.171 e. The van der Waals surface area contributed by atoms with Crippen molar-refractivity contribution in [2.75, 3.05) is 0 Å². The van der Waals surface area contributed by atoms with E-state index in [9.17, 15) is 9.18 Å². The van der Waals surface area contributed by atoms with E-state index >= 15 is 0 Å². The van der Waals surface area contributed by atoms with Crippen molar-refractivity contribution in [2.24, 2.45) is 0 Å². The molecule has 2 rings (SSSR count). The van der Waals surface area contributed by atoms with Crippen LogP contribution in [0.3, 0.4) is 0 Å². The van der Waals surface area contributed by atoms with Gasteiger partial charge in [-0.2, -0.15) is 0 Å². The predicted molar refractivity (Wildman–Crippen MR) is 62.2 cm³/mol. The molecule has 0 aliphatic heterocycles. The minimum atomic E-state index is -0.314. The van der Waals surface area contributed by atoms with Gasteiger partial charge >= 0.3 is 0 Å². The molecule has 0 aliphatic carbocycles. The van der Waals surface area contributed by atoms with Gasteiger partial charge in [0.2, 0.25) is 0 Å². The van der Waals surface area contributed by atoms with Gasteiger partial charge in [-0.3, -0.25) is 4.79 Å². The van der Waals surface area contributed by atoms with Crippen LogP contribution in [-0.4, -0.2) is 10.8 Å². The fourth-order valence-electron chi connectivity index (χ4n) is 1.47. The number of hydrogen-bond acceptors (Lipinski definition) is 3. The smallest absolute Gasteiger partial charge is 0.171 e. The lowest BCUT2D eigenvalue weighted by molar-refractivity contribution is 0.102. The molecule has 1 aromatic heterocycles. The number of halogens is 1. The van der Waals surface area contributed by atoms with Crippen molar-refractivity contribution in [3.63, 3.8) is 0 Å². The van der Waals surface area contributed by atoms with Gasteiger partial charge in [0.15, 0.2) is 5.78 Å². The summed E-state index contributed by atoms with van der Waals surface area (Å²) in [7, 11) is 0. The molecule has 0 bridgehead atoms. The van der Waals surface area contributed by atoms with Crippen LogP contribution in [-0.2, 0) is 0 Å². The summed E-state index contributed by atoms with van der Waals surface area (Å²) in [4.78, 5) is 16.1. The zero-order chi connectivity index (χ0) is 11.7. The van der Waals surface area contributed by atoms with Gasteiger partial charge < -0.3 is 0 Å². The number of nitrogens with zero attached hydrogens (tertiary/aromatic N) is 1. The van der Waals surface area contributed by atoms with Gasteiger partial charge in [-0.1, -0.05) is 12.1 Å². The van der Waals surface area contributed by atoms with E-state index in [0.29, 0.717) is 21.1 Å². The molecule has 2 nitrogen and oxygen atoms in total. The van der Waals surface area contributed by atoms with Crippen molar-refractivity contribution in [3.05, 3.63) is 40.7 Å². The molecule has 1 heterocycles. The first-order valence-corrected chi connectivity index (χ1v) is 5.64. The maximum atomic E-state index is 13.5. The summed E-state index contributed by atoms with van der Waals surface area (Å²) in [5, 5.41) is 0.556. The van der Waals surface area contributed by atoms with Gasteiger partial charge in [-0.15, -0.1) is 11.3 Å². The Kier molecular flexibility index (Phi) is 2.83. The van der Waals surface area contributed by atoms with Gasteiger partial charge in [0.05, 0.1) is 10.6 Å². The second kappa shape index (κ2) is 4.14. The number of Topliss-reactive ketones (excluding diaryl/α,β-unsaturated/α-hetero) is 1. The first-order chi connectivity index (χ1) is 7.59. The molecule has 16 heavy (non-hydrogen) atoms. The Morgan fingerprint density at radius 1 is 1.38 bits per heavy atom. The van der Waals surface area contributed by atoms with Crippen LogP contribution in [0.2, 0.25) is 0 Å². The second-order valence-corrected chi connectivity index (χ2v) is 4.47. The van der Waals surface area contributed by atoms with Crippen molar-refractivity contribution in [1.82, 2.24) is 4.98 Å². The Balaban J connectivity index is 2.54. The molecule has 0 saturated heterocycles. The maximum absolute atomic E-state index is 13.5. The van der Waals surface area contributed by atoms with Crippen molar-refractivity contribution >= 4 is 17.1 Å². The van der Waals surface area contributed by atoms with Crippen LogP contribution in [0, 0.1) is 12.7 Å². The van der Waals surface area contributed by atoms with Crippen LogP contribution in [0.1, 0.15) is 22.3 Å². The van der Waals surface area contributed by atoms with E-state index in [2.05, 4.69) is 4.98 Å². The number of hydrogen-bond donors (Lipinski definition) is 0. The molecule has 0 saturated carbocycles. The number of aryl methyl sites for hydroxylation is 1. The summed E-state index contributed by atoms with van der Waals surface area (Å²) in [6.45, 7) is 3.25. The van der Waals surface area contributed by atoms with Gasteiger partial charge in [0.25, 0.3) is 0 Å². The molecule has 4 heteroatoms. The molecule has 2 aromatic rings. The molecule has 0 unspecified atom stereocenters. The van der Waals surface area contributed by atoms with E-state index in [1.807, 2.05) is 0 Å². The molecule has 0 radical (unpaired) electrons. The average molecular weight is 235 g/mol. The first-order valence-electron chi connectivity index (χ1n) is 4.83. The van der Waals surface area contributed by atoms with E-state index in [0.717, 1.165) is 0 Å². The Labute approximate surface area is 96.8 Å². The Hall–Kier alpha value is -1.55. The highest BCUT2D eigenvalue weighted by atomic mass is 32.1. The first kappa shape index (κ1) is 11.0. The molecule has 0 amide bonds. The third kappa shape index (κ3) is 1.88. The van der Waals surface area contributed by atoms with Crippen LogP contribution in [0.5, 0.6) is 0 Å². The van der Waals surface area contributed by atoms with E-state index in [1.165, 1.54) is 24.3 Å². The largest absolute Gasteiger partial charge is 0.294 e. The van der Waals surface area contributed by atoms with E-state index in [4.69, 9.17) is 0 Å². The molecule has 0 spiro atoms. The number of benzene rings is 1. The van der Waals surface area contributed by atoms with E-state index < -0.39 is 0 Å². The average Bonchev–Trinajstić information content (AvgIpc) is 2.61. The molecule has 0 fully saturated rings. The number of rotatable bonds is 2. The molecule has 0 aliphatic rings. The van der Waals surface area contributed by atoms with Crippen LogP contribution in [0.15, 0.2) is 24.3 Å². The topological polar surface area (TPSA) is 30.0 Å². The Morgan fingerprint density at radius 3 is 2.62 bits per heavy atom. The van der Waals surface area contributed by atoms with Crippen molar-refractivity contribution in [1.29, 1.82) is 0 Å². The number of aromatic nitrogens is 1. The fraction of sp³-hybridized carbons (Fsp3) is 0.167. The number of ketones is 1. The molecular formula is C12H10FNOS. The van der Waals surface area contributed by atoms with Gasteiger partial charge in [-0.05, 0) is 19.1 Å². The zero-order valence-electron chi connectivity index (χ0n) is 8.95. The lowest BCUT2D eigenvalue weighted by atomic mass is 10.2. The third-order valence-corrected chi connectivity index (χ3v) is 3.51. The quantitative estimate of drug-likeness (QED) is 0.746. The van der Waals surface area contributed by atoms with Crippen LogP contribution in [0.4, 0.5) is 4.39 Å². The van der Waals surface area contributed by atoms with Gasteiger partial charge in [-0.25, -0.2) is 9.37 Å². The van der Waals surface area contributed by atoms with Crippen LogP contribution in [0.25, 0.3) is 10.6 Å². The van der Waals surface area contributed by atoms with Gasteiger partial charge in [0.1, 0.15) is 10.8 Å². The molecular weight excluding hydrogens is 225 g/mol. The van der Waals surface area contributed by atoms with E-state index in [1.54, 1.807) is 25.1 Å². The number of carbonyl (C=O) groups is 1. The van der Waals surface area contributed by atoms with E-state index in [-0.39, 0.29) is 11.6 Å². The fourth-order valence-corrected chi connectivity index (χ4v) is 2.46. The number of thiazole rings is 1. The SMILES string of the molecule is CC(=O)c1sc(-c2ccccc2F)nc1C. The molecule has 0 N–H and O–H groups in total. The summed E-state index contributed by atoms with van der Waals surface area (Å²) >= 11 is 1.23. The van der Waals surface area contributed by atoms with Gasteiger partial charge in [0, 0.05) is 12.5 Å². The lowest BCUT2D eigenvalue weighted by Crippen LogP contribution is -1.89. The molecule has 0 atom stereocenters. The third-order valence-electron chi connectivity index (χ3n) is 2.22. The van der Waals surface area contributed by atoms with Crippen molar-refractivity contribution in [2.45, 2.75) is 13.8 Å². The second-order valence-electron chi connectivity index (χ2n) is 3.47. The number of carbonyl (C=O) groups excluding carboxylic acids is 1. The normalized spacial score (nSPS) is 10.4. The monoisotopic (exact) mass is 235 g/mol. The minimum Gasteiger partial charge on any atom is -0.294 e. The Bertz CT molecular complexity index is 548. The zero-order valence-corrected chi connectivity index (χ0v) is 9.77. The summed E-state index contributed by atoms with van der Waals surface area (Å²) in [6.07, 6.45) is 0. The minimum absolute atomic E-state index is 0.0300. The molecule has 1 aromatic carbocycles. The summed E-state index contributed by atoms with van der Waals surface area (Å²) in [5.41, 5.74) is 1.11. The van der Waals surface area contributed by atoms with Crippen LogP contribution >= 0.6 is 11.3 Å². The highest BCUT2D eigenvalue weighted by Crippen LogP contribution is 2.29. The van der Waals surface area contributed by atoms with Crippen molar-refractivity contribution in [3.8, 4) is 10.6 Å². The standard InChI is InChI=1S/C12H10FNOS/c1-7-11(8(2)15)16-12(14-7)9-5-3-4-6-10(9)13/h3-6H,1-2H3. The summed E-state index contributed by atoms with van der Waals surface area (Å²) in [5.74, 6) is -0.344. The van der Waals surface area contributed by atoms with Crippen LogP contribution < -0.4 is 0 Å². The Morgan fingerprint density at radius 2 is 2.06 bits per heavy atom. The summed E-state index contributed by atoms with van der Waals surface area (Å²) in [6, 6.07) is 6.44. The summed E-state index contributed by atoms with van der Waals surface area (Å²) < 4.78 is 13.5. The molecule has 82 valence electrons.